The Kier molecular flexibility index (Phi) is 21.1. The molecule has 256 valence electrons. The van der Waals surface area contributed by atoms with Crippen LogP contribution in [0.3, 0.4) is 0 Å². The predicted molar refractivity (Wildman–Crippen MR) is 164 cm³/mol. The zero-order valence-corrected chi connectivity index (χ0v) is 27.0. The molecule has 0 aliphatic carbocycles. The molecule has 6 amide bonds. The molecule has 0 aromatic carbocycles. The topological polar surface area (TPSA) is 191 Å². The summed E-state index contributed by atoms with van der Waals surface area (Å²) < 4.78 is 21.6. The van der Waals surface area contributed by atoms with Crippen molar-refractivity contribution in [2.75, 3.05) is 72.5 Å². The number of carbonyl (C=O) groups is 6. The van der Waals surface area contributed by atoms with Crippen LogP contribution < -0.4 is 21.3 Å². The molecule has 0 spiro atoms. The van der Waals surface area contributed by atoms with Gasteiger partial charge in [-0.2, -0.15) is 0 Å². The van der Waals surface area contributed by atoms with Crippen molar-refractivity contribution in [1.29, 1.82) is 0 Å². The van der Waals surface area contributed by atoms with Gasteiger partial charge in [0, 0.05) is 44.6 Å². The smallest absolute Gasteiger partial charge is 0.253 e. The lowest BCUT2D eigenvalue weighted by Crippen LogP contribution is -2.54. The van der Waals surface area contributed by atoms with E-state index < -0.39 is 29.8 Å². The lowest BCUT2D eigenvalue weighted by Gasteiger charge is -2.24. The summed E-state index contributed by atoms with van der Waals surface area (Å²) in [5, 5.41) is 10.8. The molecule has 1 heterocycles. The molecule has 0 aromatic heterocycles. The Morgan fingerprint density at radius 1 is 0.689 bits per heavy atom. The van der Waals surface area contributed by atoms with Gasteiger partial charge in [0.2, 0.25) is 23.6 Å². The minimum absolute atomic E-state index is 0.0313. The largest absolute Gasteiger partial charge is 0.379 e. The number of imide groups is 1. The fraction of sp³-hybridized carbons (Fsp3) is 0.733. The van der Waals surface area contributed by atoms with Crippen LogP contribution in [-0.2, 0) is 47.7 Å². The highest BCUT2D eigenvalue weighted by molar-refractivity contribution is 6.13. The number of hydrogen-bond acceptors (Lipinski definition) is 10. The van der Waals surface area contributed by atoms with E-state index in [9.17, 15) is 28.8 Å². The Balaban J connectivity index is 1.98. The molecule has 4 N–H and O–H groups in total. The number of rotatable bonds is 26. The third-order valence-electron chi connectivity index (χ3n) is 6.47. The van der Waals surface area contributed by atoms with Crippen LogP contribution in [0, 0.1) is 5.92 Å². The summed E-state index contributed by atoms with van der Waals surface area (Å²) >= 11 is 0. The minimum atomic E-state index is -0.770. The minimum Gasteiger partial charge on any atom is -0.379 e. The van der Waals surface area contributed by atoms with Crippen molar-refractivity contribution in [3.05, 3.63) is 12.2 Å². The first-order valence-corrected chi connectivity index (χ1v) is 15.5. The summed E-state index contributed by atoms with van der Waals surface area (Å²) in [5.74, 6) is -2.27. The van der Waals surface area contributed by atoms with Gasteiger partial charge in [-0.25, -0.2) is 0 Å². The van der Waals surface area contributed by atoms with E-state index in [1.54, 1.807) is 6.92 Å². The fourth-order valence-corrected chi connectivity index (χ4v) is 3.83. The van der Waals surface area contributed by atoms with Crippen LogP contribution in [0.2, 0.25) is 0 Å². The van der Waals surface area contributed by atoms with Gasteiger partial charge in [-0.1, -0.05) is 27.2 Å². The maximum Gasteiger partial charge on any atom is 0.253 e. The molecule has 15 nitrogen and oxygen atoms in total. The van der Waals surface area contributed by atoms with Gasteiger partial charge in [-0.15, -0.1) is 0 Å². The first-order chi connectivity index (χ1) is 21.6. The van der Waals surface area contributed by atoms with Gasteiger partial charge in [0.1, 0.15) is 12.1 Å². The van der Waals surface area contributed by atoms with E-state index in [0.717, 1.165) is 17.7 Å². The van der Waals surface area contributed by atoms with E-state index in [4.69, 9.17) is 18.9 Å². The van der Waals surface area contributed by atoms with Crippen LogP contribution in [-0.4, -0.2) is 125 Å². The average molecular weight is 642 g/mol. The van der Waals surface area contributed by atoms with Crippen molar-refractivity contribution in [2.24, 2.45) is 5.92 Å². The second kappa shape index (κ2) is 23.9. The Morgan fingerprint density at radius 3 is 1.80 bits per heavy atom. The lowest BCUT2D eigenvalue weighted by atomic mass is 10.0. The molecule has 45 heavy (non-hydrogen) atoms. The van der Waals surface area contributed by atoms with E-state index in [0.29, 0.717) is 59.3 Å². The Bertz CT molecular complexity index is 957. The monoisotopic (exact) mass is 641 g/mol. The molecular weight excluding hydrogens is 590 g/mol. The molecule has 1 aliphatic heterocycles. The molecule has 0 saturated heterocycles. The Labute approximate surface area is 265 Å². The van der Waals surface area contributed by atoms with Gasteiger partial charge < -0.3 is 40.2 Å². The molecule has 15 heteroatoms. The Morgan fingerprint density at radius 2 is 1.24 bits per heavy atom. The van der Waals surface area contributed by atoms with Gasteiger partial charge in [0.15, 0.2) is 0 Å². The van der Waals surface area contributed by atoms with Crippen molar-refractivity contribution >= 4 is 35.4 Å². The molecule has 0 saturated carbocycles. The summed E-state index contributed by atoms with van der Waals surface area (Å²) in [7, 11) is 0. The van der Waals surface area contributed by atoms with Crippen LogP contribution in [0.5, 0.6) is 0 Å². The van der Waals surface area contributed by atoms with E-state index in [1.807, 2.05) is 20.8 Å². The Hall–Kier alpha value is -3.40. The first kappa shape index (κ1) is 39.6. The highest BCUT2D eigenvalue weighted by atomic mass is 16.6. The molecule has 0 unspecified atom stereocenters. The van der Waals surface area contributed by atoms with Gasteiger partial charge >= 0.3 is 0 Å². The number of amides is 6. The second-order valence-electron chi connectivity index (χ2n) is 10.6. The van der Waals surface area contributed by atoms with E-state index in [2.05, 4.69) is 21.3 Å². The van der Waals surface area contributed by atoms with Gasteiger partial charge in [-0.05, 0) is 19.3 Å². The standard InChI is InChI=1S/C30H51N5O10/c1-5-6-11-32-29(40)23(4)33-30(41)28(22(2)3)34-25(37)10-14-42-16-18-44-20-21-45-19-17-43-15-12-31-24(36)9-13-35-26(38)7-8-27(35)39/h7-8,22-23,28H,5-6,9-21H2,1-4H3,(H,31,36)(H,32,40)(H,33,41)(H,34,37)/t23-,28-/m0/s1. The number of unbranched alkanes of at least 4 members (excludes halogenated alkanes) is 1. The van der Waals surface area contributed by atoms with Crippen molar-refractivity contribution < 1.29 is 47.7 Å². The van der Waals surface area contributed by atoms with Crippen LogP contribution in [0.4, 0.5) is 0 Å². The molecule has 2 atom stereocenters. The van der Waals surface area contributed by atoms with Crippen molar-refractivity contribution in [3.8, 4) is 0 Å². The third-order valence-corrected chi connectivity index (χ3v) is 6.47. The maximum absolute atomic E-state index is 12.7. The summed E-state index contributed by atoms with van der Waals surface area (Å²) in [4.78, 5) is 72.8. The summed E-state index contributed by atoms with van der Waals surface area (Å²) in [5.41, 5.74) is 0. The van der Waals surface area contributed by atoms with Crippen LogP contribution in [0.1, 0.15) is 53.4 Å². The molecule has 1 aliphatic rings. The molecule has 0 radical (unpaired) electrons. The first-order valence-electron chi connectivity index (χ1n) is 15.5. The molecule has 0 bridgehead atoms. The number of carbonyl (C=O) groups excluding carboxylic acids is 6. The summed E-state index contributed by atoms with van der Waals surface area (Å²) in [6.07, 6.45) is 4.29. The normalized spacial score (nSPS) is 14.0. The van der Waals surface area contributed by atoms with Crippen LogP contribution >= 0.6 is 0 Å². The van der Waals surface area contributed by atoms with Crippen LogP contribution in [0.25, 0.3) is 0 Å². The SMILES string of the molecule is CCCCNC(=O)[C@H](C)NC(=O)[C@@H](NC(=O)CCOCCOCCOCCOCCNC(=O)CCN1C(=O)C=CC1=O)C(C)C. The van der Waals surface area contributed by atoms with Gasteiger partial charge in [0.05, 0.1) is 52.9 Å². The van der Waals surface area contributed by atoms with E-state index >= 15 is 0 Å². The summed E-state index contributed by atoms with van der Waals surface area (Å²) in [6, 6.07) is -1.48. The summed E-state index contributed by atoms with van der Waals surface area (Å²) in [6.45, 7) is 10.7. The van der Waals surface area contributed by atoms with Crippen molar-refractivity contribution in [2.45, 2.75) is 65.5 Å². The lowest BCUT2D eigenvalue weighted by molar-refractivity contribution is -0.137. The number of ether oxygens (including phenoxy) is 4. The van der Waals surface area contributed by atoms with E-state index in [-0.39, 0.29) is 49.6 Å². The third kappa shape index (κ3) is 18.2. The van der Waals surface area contributed by atoms with Gasteiger partial charge in [-0.3, -0.25) is 33.7 Å². The van der Waals surface area contributed by atoms with Crippen molar-refractivity contribution in [1.82, 2.24) is 26.2 Å². The maximum atomic E-state index is 12.7. The number of nitrogens with zero attached hydrogens (tertiary/aromatic N) is 1. The number of nitrogens with one attached hydrogen (secondary N) is 4. The van der Waals surface area contributed by atoms with Crippen LogP contribution in [0.15, 0.2) is 12.2 Å². The van der Waals surface area contributed by atoms with Crippen molar-refractivity contribution in [3.63, 3.8) is 0 Å². The molecule has 0 aromatic rings. The number of hydrogen-bond donors (Lipinski definition) is 4. The molecule has 0 fully saturated rings. The zero-order chi connectivity index (χ0) is 33.5. The predicted octanol–water partition coefficient (Wildman–Crippen LogP) is -0.564. The fourth-order valence-electron chi connectivity index (χ4n) is 3.83. The second-order valence-corrected chi connectivity index (χ2v) is 10.6. The van der Waals surface area contributed by atoms with Gasteiger partial charge in [0.25, 0.3) is 11.8 Å². The highest BCUT2D eigenvalue weighted by Crippen LogP contribution is 2.05. The molecular formula is C30H51N5O10. The van der Waals surface area contributed by atoms with E-state index in [1.165, 1.54) is 12.2 Å². The molecule has 1 rings (SSSR count). The average Bonchev–Trinajstić information content (AvgIpc) is 3.32. The zero-order valence-electron chi connectivity index (χ0n) is 27.0. The highest BCUT2D eigenvalue weighted by Gasteiger charge is 2.27. The quantitative estimate of drug-likeness (QED) is 0.0703.